The van der Waals surface area contributed by atoms with Crippen molar-refractivity contribution in [3.05, 3.63) is 0 Å². The first kappa shape index (κ1) is 9.60. The fourth-order valence-corrected chi connectivity index (χ4v) is 4.41. The van der Waals surface area contributed by atoms with Gasteiger partial charge in [-0.1, -0.05) is 6.42 Å². The Balaban J connectivity index is 1.51. The van der Waals surface area contributed by atoms with Crippen molar-refractivity contribution in [2.24, 2.45) is 16.7 Å². The number of nitrogens with zero attached hydrogens (tertiary/aromatic N) is 1. The van der Waals surface area contributed by atoms with E-state index in [2.05, 4.69) is 10.2 Å². The zero-order valence-electron chi connectivity index (χ0n) is 9.74. The Morgan fingerprint density at radius 2 is 2.25 bits per heavy atom. The van der Waals surface area contributed by atoms with Crippen LogP contribution in [-0.2, 0) is 4.79 Å². The van der Waals surface area contributed by atoms with E-state index in [1.165, 1.54) is 32.0 Å². The topological polar surface area (TPSA) is 32.3 Å². The number of carbonyl (C=O) groups is 1. The van der Waals surface area contributed by atoms with Gasteiger partial charge in [-0.3, -0.25) is 4.90 Å². The summed E-state index contributed by atoms with van der Waals surface area (Å²) in [7, 11) is 0. The lowest BCUT2D eigenvalue weighted by molar-refractivity contribution is -0.115. The highest BCUT2D eigenvalue weighted by molar-refractivity contribution is 5.63. The summed E-state index contributed by atoms with van der Waals surface area (Å²) >= 11 is 0. The van der Waals surface area contributed by atoms with E-state index in [4.69, 9.17) is 0 Å². The van der Waals surface area contributed by atoms with Crippen LogP contribution in [0.5, 0.6) is 0 Å². The number of hydrogen-bond donors (Lipinski definition) is 1. The summed E-state index contributed by atoms with van der Waals surface area (Å²) < 4.78 is 0. The molecule has 3 nitrogen and oxygen atoms in total. The fraction of sp³-hybridized carbons (Fsp3) is 0.923. The first-order valence-electron chi connectivity index (χ1n) is 6.69. The van der Waals surface area contributed by atoms with Gasteiger partial charge in [0.05, 0.1) is 5.41 Å². The molecular weight excluding hydrogens is 200 g/mol. The largest absolute Gasteiger partial charge is 0.315 e. The van der Waals surface area contributed by atoms with Crippen molar-refractivity contribution in [2.45, 2.75) is 31.7 Å². The molecule has 4 fully saturated rings. The van der Waals surface area contributed by atoms with E-state index in [0.717, 1.165) is 37.6 Å². The van der Waals surface area contributed by atoms with Gasteiger partial charge in [-0.2, -0.15) is 0 Å². The minimum Gasteiger partial charge on any atom is -0.315 e. The van der Waals surface area contributed by atoms with Crippen LogP contribution in [0.1, 0.15) is 25.7 Å². The normalized spacial score (nSPS) is 49.0. The SMILES string of the molecule is O=CC12CNCC1CN(C1CC13CCC3)C2. The fourth-order valence-electron chi connectivity index (χ4n) is 4.41. The van der Waals surface area contributed by atoms with Crippen molar-refractivity contribution in [3.63, 3.8) is 0 Å². The highest BCUT2D eigenvalue weighted by atomic mass is 16.1. The monoisotopic (exact) mass is 220 g/mol. The van der Waals surface area contributed by atoms with Crippen LogP contribution in [0, 0.1) is 16.7 Å². The van der Waals surface area contributed by atoms with Crippen molar-refractivity contribution in [1.82, 2.24) is 10.2 Å². The Kier molecular flexibility index (Phi) is 1.73. The maximum Gasteiger partial charge on any atom is 0.129 e. The van der Waals surface area contributed by atoms with E-state index in [1.54, 1.807) is 0 Å². The van der Waals surface area contributed by atoms with Gasteiger partial charge in [0.2, 0.25) is 0 Å². The molecule has 0 bridgehead atoms. The van der Waals surface area contributed by atoms with Gasteiger partial charge < -0.3 is 10.1 Å². The molecule has 1 spiro atoms. The molecular formula is C13H20N2O. The molecule has 0 aromatic carbocycles. The lowest BCUT2D eigenvalue weighted by Crippen LogP contribution is -2.37. The number of hydrogen-bond acceptors (Lipinski definition) is 3. The molecule has 2 saturated heterocycles. The van der Waals surface area contributed by atoms with Gasteiger partial charge in [-0.25, -0.2) is 0 Å². The third kappa shape index (κ3) is 1.04. The molecule has 88 valence electrons. The van der Waals surface area contributed by atoms with E-state index in [0.29, 0.717) is 5.92 Å². The predicted molar refractivity (Wildman–Crippen MR) is 61.1 cm³/mol. The van der Waals surface area contributed by atoms with Crippen molar-refractivity contribution in [1.29, 1.82) is 0 Å². The number of likely N-dealkylation sites (tertiary alicyclic amines) is 1. The van der Waals surface area contributed by atoms with Gasteiger partial charge in [-0.15, -0.1) is 0 Å². The van der Waals surface area contributed by atoms with Crippen molar-refractivity contribution in [3.8, 4) is 0 Å². The van der Waals surface area contributed by atoms with Crippen LogP contribution in [-0.4, -0.2) is 43.4 Å². The van der Waals surface area contributed by atoms with Crippen LogP contribution in [0.15, 0.2) is 0 Å². The molecule has 4 rings (SSSR count). The molecule has 2 aliphatic carbocycles. The summed E-state index contributed by atoms with van der Waals surface area (Å²) in [4.78, 5) is 14.0. The van der Waals surface area contributed by atoms with Crippen LogP contribution < -0.4 is 5.32 Å². The second-order valence-electron chi connectivity index (χ2n) is 6.54. The standard InChI is InChI=1S/C13H20N2O/c16-9-13-7-14-5-10(13)6-15(8-13)11-4-12(11)2-1-3-12/h9-11,14H,1-8H2. The zero-order chi connectivity index (χ0) is 10.8. The zero-order valence-corrected chi connectivity index (χ0v) is 9.74. The highest BCUT2D eigenvalue weighted by Gasteiger charge is 2.63. The molecule has 0 aromatic heterocycles. The molecule has 1 N–H and O–H groups in total. The molecule has 4 aliphatic rings. The van der Waals surface area contributed by atoms with Gasteiger partial charge in [0, 0.05) is 32.2 Å². The average Bonchev–Trinajstić information content (AvgIpc) is 2.74. The van der Waals surface area contributed by atoms with Gasteiger partial charge >= 0.3 is 0 Å². The van der Waals surface area contributed by atoms with Crippen molar-refractivity contribution in [2.75, 3.05) is 26.2 Å². The smallest absolute Gasteiger partial charge is 0.129 e. The third-order valence-electron chi connectivity index (χ3n) is 5.78. The van der Waals surface area contributed by atoms with E-state index in [1.807, 2.05) is 0 Å². The van der Waals surface area contributed by atoms with Gasteiger partial charge in [0.1, 0.15) is 6.29 Å². The molecule has 3 heteroatoms. The van der Waals surface area contributed by atoms with E-state index in [9.17, 15) is 4.79 Å². The van der Waals surface area contributed by atoms with Crippen LogP contribution in [0.25, 0.3) is 0 Å². The van der Waals surface area contributed by atoms with Crippen LogP contribution >= 0.6 is 0 Å². The second-order valence-corrected chi connectivity index (χ2v) is 6.54. The molecule has 3 unspecified atom stereocenters. The van der Waals surface area contributed by atoms with Crippen LogP contribution in [0.3, 0.4) is 0 Å². The first-order valence-corrected chi connectivity index (χ1v) is 6.69. The molecule has 2 saturated carbocycles. The lowest BCUT2D eigenvalue weighted by atomic mass is 9.81. The van der Waals surface area contributed by atoms with Crippen molar-refractivity contribution >= 4 is 6.29 Å². The van der Waals surface area contributed by atoms with E-state index < -0.39 is 0 Å². The number of rotatable bonds is 2. The van der Waals surface area contributed by atoms with E-state index in [-0.39, 0.29) is 5.41 Å². The van der Waals surface area contributed by atoms with Gasteiger partial charge in [0.15, 0.2) is 0 Å². The third-order valence-corrected chi connectivity index (χ3v) is 5.78. The Bertz CT molecular complexity index is 339. The molecule has 2 heterocycles. The second kappa shape index (κ2) is 2.88. The quantitative estimate of drug-likeness (QED) is 0.694. The Hall–Kier alpha value is -0.410. The van der Waals surface area contributed by atoms with Gasteiger partial charge in [-0.05, 0) is 30.6 Å². The maximum atomic E-state index is 11.4. The summed E-state index contributed by atoms with van der Waals surface area (Å²) in [5.74, 6) is 0.586. The summed E-state index contributed by atoms with van der Waals surface area (Å²) in [6.07, 6.45) is 7.00. The molecule has 3 atom stereocenters. The van der Waals surface area contributed by atoms with Crippen LogP contribution in [0.2, 0.25) is 0 Å². The minimum absolute atomic E-state index is 0.0342. The molecule has 16 heavy (non-hydrogen) atoms. The summed E-state index contributed by atoms with van der Waals surface area (Å²) in [6, 6.07) is 0.837. The Morgan fingerprint density at radius 1 is 1.38 bits per heavy atom. The number of carbonyl (C=O) groups excluding carboxylic acids is 1. The molecule has 2 aliphatic heterocycles. The molecule has 0 radical (unpaired) electrons. The number of fused-ring (bicyclic) bond motifs is 1. The lowest BCUT2D eigenvalue weighted by Gasteiger charge is -2.30. The van der Waals surface area contributed by atoms with Gasteiger partial charge in [0.25, 0.3) is 0 Å². The molecule has 0 aromatic rings. The highest BCUT2D eigenvalue weighted by Crippen LogP contribution is 2.64. The van der Waals surface area contributed by atoms with Crippen LogP contribution in [0.4, 0.5) is 0 Å². The first-order chi connectivity index (χ1) is 7.78. The molecule has 0 amide bonds. The van der Waals surface area contributed by atoms with Crippen molar-refractivity contribution < 1.29 is 4.79 Å². The Labute approximate surface area is 96.6 Å². The summed E-state index contributed by atoms with van der Waals surface area (Å²) in [5, 5.41) is 3.39. The summed E-state index contributed by atoms with van der Waals surface area (Å²) in [6.45, 7) is 4.16. The van der Waals surface area contributed by atoms with E-state index >= 15 is 0 Å². The maximum absolute atomic E-state index is 11.4. The summed E-state index contributed by atoms with van der Waals surface area (Å²) in [5.41, 5.74) is 0.684. The average molecular weight is 220 g/mol. The predicted octanol–water partition coefficient (Wildman–Crippen LogP) is 0.649. The minimum atomic E-state index is -0.0342. The Morgan fingerprint density at radius 3 is 2.81 bits per heavy atom. The number of aldehydes is 1. The number of nitrogens with one attached hydrogen (secondary N) is 1.